The van der Waals surface area contributed by atoms with Crippen LogP contribution in [0.15, 0.2) is 18.2 Å². The Labute approximate surface area is 83.9 Å². The average molecular weight is 197 g/mol. The molecule has 0 amide bonds. The number of benzene rings is 1. The summed E-state index contributed by atoms with van der Waals surface area (Å²) in [5.74, 6) is -0.00439. The van der Waals surface area contributed by atoms with Crippen LogP contribution < -0.4 is 0 Å². The lowest BCUT2D eigenvalue weighted by molar-refractivity contribution is -0.0732. The fourth-order valence-electron chi connectivity index (χ4n) is 1.40. The van der Waals surface area contributed by atoms with Crippen molar-refractivity contribution < 1.29 is 9.60 Å². The number of rotatable bonds is 3. The van der Waals surface area contributed by atoms with Crippen LogP contribution >= 0.6 is 0 Å². The Hall–Kier alpha value is -0.930. The van der Waals surface area contributed by atoms with Crippen LogP contribution in [-0.2, 0) is 6.54 Å². The van der Waals surface area contributed by atoms with Gasteiger partial charge in [0.2, 0.25) is 0 Å². The minimum Gasteiger partial charge on any atom is -0.314 e. The van der Waals surface area contributed by atoms with E-state index in [0.29, 0.717) is 12.1 Å². The van der Waals surface area contributed by atoms with Gasteiger partial charge < -0.3 is 5.21 Å². The Bertz CT molecular complexity index is 310. The second-order valence-corrected chi connectivity index (χ2v) is 3.83. The summed E-state index contributed by atoms with van der Waals surface area (Å²) in [6.45, 7) is 4.25. The molecule has 1 rings (SSSR count). The molecule has 3 heteroatoms. The van der Waals surface area contributed by atoms with Crippen LogP contribution in [0.5, 0.6) is 0 Å². The molecule has 0 atom stereocenters. The number of hydroxylamine groups is 2. The van der Waals surface area contributed by atoms with Crippen molar-refractivity contribution in [2.24, 2.45) is 0 Å². The highest BCUT2D eigenvalue weighted by Crippen LogP contribution is 2.19. The van der Waals surface area contributed by atoms with Gasteiger partial charge in [-0.1, -0.05) is 26.0 Å². The molecule has 1 N–H and O–H groups in total. The van der Waals surface area contributed by atoms with Crippen molar-refractivity contribution in [2.45, 2.75) is 26.3 Å². The first-order chi connectivity index (χ1) is 6.50. The third-order valence-corrected chi connectivity index (χ3v) is 2.10. The lowest BCUT2D eigenvalue weighted by atomic mass is 10.0. The van der Waals surface area contributed by atoms with Crippen molar-refractivity contribution in [1.82, 2.24) is 5.06 Å². The Balaban J connectivity index is 2.89. The molecule has 0 spiro atoms. The highest BCUT2D eigenvalue weighted by Gasteiger charge is 2.07. The van der Waals surface area contributed by atoms with Crippen molar-refractivity contribution in [2.75, 3.05) is 7.05 Å². The first kappa shape index (κ1) is 11.1. The van der Waals surface area contributed by atoms with Gasteiger partial charge in [0, 0.05) is 13.6 Å². The average Bonchev–Trinajstić information content (AvgIpc) is 2.01. The summed E-state index contributed by atoms with van der Waals surface area (Å²) in [7, 11) is 1.54. The summed E-state index contributed by atoms with van der Waals surface area (Å²) >= 11 is 0. The van der Waals surface area contributed by atoms with E-state index in [1.807, 2.05) is 19.9 Å². The summed E-state index contributed by atoms with van der Waals surface area (Å²) in [6, 6.07) is 5.09. The van der Waals surface area contributed by atoms with E-state index in [9.17, 15) is 4.39 Å². The van der Waals surface area contributed by atoms with E-state index in [4.69, 9.17) is 5.21 Å². The minimum absolute atomic E-state index is 0.191. The molecule has 2 nitrogen and oxygen atoms in total. The normalized spacial score (nSPS) is 11.4. The zero-order chi connectivity index (χ0) is 10.7. The first-order valence-electron chi connectivity index (χ1n) is 4.69. The van der Waals surface area contributed by atoms with Crippen LogP contribution in [-0.4, -0.2) is 17.3 Å². The van der Waals surface area contributed by atoms with E-state index in [0.717, 1.165) is 10.6 Å². The van der Waals surface area contributed by atoms with Gasteiger partial charge in [0.25, 0.3) is 0 Å². The van der Waals surface area contributed by atoms with E-state index in [-0.39, 0.29) is 11.7 Å². The van der Waals surface area contributed by atoms with Gasteiger partial charge in [0.1, 0.15) is 5.82 Å². The molecule has 0 aliphatic carbocycles. The van der Waals surface area contributed by atoms with E-state index >= 15 is 0 Å². The molecule has 0 aliphatic heterocycles. The molecule has 0 aliphatic rings. The van der Waals surface area contributed by atoms with Gasteiger partial charge in [-0.15, -0.1) is 0 Å². The van der Waals surface area contributed by atoms with Crippen molar-refractivity contribution >= 4 is 0 Å². The van der Waals surface area contributed by atoms with E-state index in [1.165, 1.54) is 13.1 Å². The molecular formula is C11H16FNO. The molecule has 0 fully saturated rings. The SMILES string of the molecule is CC(C)c1ccc(CN(C)O)cc1F. The highest BCUT2D eigenvalue weighted by atomic mass is 19.1. The molecule has 0 radical (unpaired) electrons. The molecular weight excluding hydrogens is 181 g/mol. The van der Waals surface area contributed by atoms with Crippen molar-refractivity contribution in [3.63, 3.8) is 0 Å². The van der Waals surface area contributed by atoms with Gasteiger partial charge in [-0.2, -0.15) is 5.06 Å². The predicted molar refractivity (Wildman–Crippen MR) is 53.7 cm³/mol. The van der Waals surface area contributed by atoms with Gasteiger partial charge in [0.15, 0.2) is 0 Å². The summed E-state index contributed by atoms with van der Waals surface area (Å²) in [5, 5.41) is 10.0. The summed E-state index contributed by atoms with van der Waals surface area (Å²) in [6.07, 6.45) is 0. The lowest BCUT2D eigenvalue weighted by Gasteiger charge is -2.11. The Kier molecular flexibility index (Phi) is 3.61. The largest absolute Gasteiger partial charge is 0.314 e. The number of hydrogen-bond donors (Lipinski definition) is 1. The summed E-state index contributed by atoms with van der Waals surface area (Å²) < 4.78 is 13.5. The molecule has 14 heavy (non-hydrogen) atoms. The monoisotopic (exact) mass is 197 g/mol. The maximum absolute atomic E-state index is 13.5. The van der Waals surface area contributed by atoms with Crippen molar-refractivity contribution in [1.29, 1.82) is 0 Å². The standard InChI is InChI=1S/C11H16FNO/c1-8(2)10-5-4-9(6-11(10)12)7-13(3)14/h4-6,8,14H,7H2,1-3H3. The maximum atomic E-state index is 13.5. The first-order valence-corrected chi connectivity index (χ1v) is 4.69. The Morgan fingerprint density at radius 3 is 2.50 bits per heavy atom. The second-order valence-electron chi connectivity index (χ2n) is 3.83. The van der Waals surface area contributed by atoms with Crippen LogP contribution in [0.25, 0.3) is 0 Å². The second kappa shape index (κ2) is 4.53. The molecule has 0 unspecified atom stereocenters. The molecule has 0 heterocycles. The van der Waals surface area contributed by atoms with Crippen LogP contribution in [0.1, 0.15) is 30.9 Å². The maximum Gasteiger partial charge on any atom is 0.126 e. The smallest absolute Gasteiger partial charge is 0.126 e. The third kappa shape index (κ3) is 2.79. The number of halogens is 1. The Morgan fingerprint density at radius 1 is 1.43 bits per heavy atom. The van der Waals surface area contributed by atoms with E-state index in [1.54, 1.807) is 6.07 Å². The Morgan fingerprint density at radius 2 is 2.07 bits per heavy atom. The van der Waals surface area contributed by atoms with E-state index in [2.05, 4.69) is 0 Å². The molecule has 0 saturated carbocycles. The van der Waals surface area contributed by atoms with E-state index < -0.39 is 0 Å². The lowest BCUT2D eigenvalue weighted by Crippen LogP contribution is -2.12. The fraction of sp³-hybridized carbons (Fsp3) is 0.455. The van der Waals surface area contributed by atoms with Crippen LogP contribution in [0.4, 0.5) is 4.39 Å². The van der Waals surface area contributed by atoms with Gasteiger partial charge >= 0.3 is 0 Å². The fourth-order valence-corrected chi connectivity index (χ4v) is 1.40. The molecule has 1 aromatic rings. The zero-order valence-corrected chi connectivity index (χ0v) is 8.79. The molecule has 0 bridgehead atoms. The van der Waals surface area contributed by atoms with Crippen molar-refractivity contribution in [3.05, 3.63) is 35.1 Å². The van der Waals surface area contributed by atoms with Gasteiger partial charge in [-0.3, -0.25) is 0 Å². The predicted octanol–water partition coefficient (Wildman–Crippen LogP) is 2.77. The quantitative estimate of drug-likeness (QED) is 0.753. The van der Waals surface area contributed by atoms with Crippen LogP contribution in [0, 0.1) is 5.82 Å². The molecule has 78 valence electrons. The number of hydrogen-bond acceptors (Lipinski definition) is 2. The van der Waals surface area contributed by atoms with Crippen LogP contribution in [0.2, 0.25) is 0 Å². The van der Waals surface area contributed by atoms with Crippen molar-refractivity contribution in [3.8, 4) is 0 Å². The van der Waals surface area contributed by atoms with Gasteiger partial charge in [0.05, 0.1) is 0 Å². The summed E-state index contributed by atoms with van der Waals surface area (Å²) in [4.78, 5) is 0. The zero-order valence-electron chi connectivity index (χ0n) is 8.79. The van der Waals surface area contributed by atoms with Crippen LogP contribution in [0.3, 0.4) is 0 Å². The minimum atomic E-state index is -0.195. The summed E-state index contributed by atoms with van der Waals surface area (Å²) in [5.41, 5.74) is 1.49. The third-order valence-electron chi connectivity index (χ3n) is 2.10. The van der Waals surface area contributed by atoms with Gasteiger partial charge in [-0.25, -0.2) is 4.39 Å². The number of nitrogens with zero attached hydrogens (tertiary/aromatic N) is 1. The van der Waals surface area contributed by atoms with Gasteiger partial charge in [-0.05, 0) is 23.1 Å². The highest BCUT2D eigenvalue weighted by molar-refractivity contribution is 5.26. The molecule has 0 aromatic heterocycles. The topological polar surface area (TPSA) is 23.5 Å². The molecule has 1 aromatic carbocycles. The molecule has 0 saturated heterocycles.